The Hall–Kier alpha value is -2.41. The molecule has 0 aliphatic heterocycles. The molecular weight excluding hydrogens is 272 g/mol. The van der Waals surface area contributed by atoms with Crippen LogP contribution in [0.2, 0.25) is 0 Å². The summed E-state index contributed by atoms with van der Waals surface area (Å²) in [6.07, 6.45) is 0.672. The van der Waals surface area contributed by atoms with Crippen molar-refractivity contribution in [3.05, 3.63) is 35.9 Å². The fourth-order valence-corrected chi connectivity index (χ4v) is 1.60. The third-order valence-electron chi connectivity index (χ3n) is 2.72. The molecule has 113 valence electrons. The fourth-order valence-electron chi connectivity index (χ4n) is 1.60. The predicted molar refractivity (Wildman–Crippen MR) is 77.3 cm³/mol. The van der Waals surface area contributed by atoms with Gasteiger partial charge in [-0.1, -0.05) is 30.3 Å². The van der Waals surface area contributed by atoms with E-state index in [4.69, 9.17) is 21.6 Å². The summed E-state index contributed by atoms with van der Waals surface area (Å²) in [5.74, 6) is -2.00. The van der Waals surface area contributed by atoms with Gasteiger partial charge < -0.3 is 15.8 Å². The Morgan fingerprint density at radius 1 is 1.29 bits per heavy atom. The standard InChI is InChI=1S/C14H19N4O3/c15-11(7-4-8-18-14(16)17)12(19)13(20)21-9-10-5-2-1-3-6-10/h1-3,5-6,11,15H,4,7-9H2,(H4,16,17,18)/t11-/m0/s1. The maximum Gasteiger partial charge on any atom is 0.376 e. The lowest BCUT2D eigenvalue weighted by Crippen LogP contribution is -2.34. The van der Waals surface area contributed by atoms with Gasteiger partial charge in [0.15, 0.2) is 5.96 Å². The van der Waals surface area contributed by atoms with E-state index in [-0.39, 0.29) is 19.0 Å². The first-order valence-electron chi connectivity index (χ1n) is 6.54. The van der Waals surface area contributed by atoms with Gasteiger partial charge in [-0.15, -0.1) is 0 Å². The van der Waals surface area contributed by atoms with Crippen molar-refractivity contribution < 1.29 is 14.3 Å². The molecule has 0 amide bonds. The fraction of sp³-hybridized carbons (Fsp3) is 0.357. The molecule has 0 heterocycles. The van der Waals surface area contributed by atoms with Crippen molar-refractivity contribution in [2.75, 3.05) is 6.54 Å². The molecule has 0 aromatic heterocycles. The molecule has 1 atom stereocenters. The van der Waals surface area contributed by atoms with Gasteiger partial charge in [-0.2, -0.15) is 0 Å². The van der Waals surface area contributed by atoms with Gasteiger partial charge in [0.05, 0.1) is 6.04 Å². The molecule has 1 radical (unpaired) electrons. The Labute approximate surface area is 123 Å². The molecule has 0 aliphatic rings. The highest BCUT2D eigenvalue weighted by atomic mass is 16.5. The Bertz CT molecular complexity index is 490. The monoisotopic (exact) mass is 291 g/mol. The number of guanidine groups is 1. The molecule has 21 heavy (non-hydrogen) atoms. The van der Waals surface area contributed by atoms with Crippen molar-refractivity contribution in [2.45, 2.75) is 25.5 Å². The van der Waals surface area contributed by atoms with Gasteiger partial charge in [0.2, 0.25) is 0 Å². The highest BCUT2D eigenvalue weighted by Gasteiger charge is 2.23. The average molecular weight is 291 g/mol. The summed E-state index contributed by atoms with van der Waals surface area (Å²) in [5.41, 5.74) is 13.5. The Balaban J connectivity index is 2.29. The van der Waals surface area contributed by atoms with Crippen LogP contribution in [0.5, 0.6) is 0 Å². The van der Waals surface area contributed by atoms with E-state index in [0.29, 0.717) is 13.0 Å². The van der Waals surface area contributed by atoms with Crippen LogP contribution in [0.1, 0.15) is 18.4 Å². The first-order chi connectivity index (χ1) is 10.0. The second kappa shape index (κ2) is 8.70. The smallest absolute Gasteiger partial charge is 0.376 e. The molecular formula is C14H19N4O3. The van der Waals surface area contributed by atoms with Crippen LogP contribution in [-0.4, -0.2) is 30.3 Å². The second-order valence-corrected chi connectivity index (χ2v) is 4.46. The number of esters is 1. The molecule has 1 aromatic carbocycles. The van der Waals surface area contributed by atoms with E-state index in [1.807, 2.05) is 6.07 Å². The molecule has 0 fully saturated rings. The summed E-state index contributed by atoms with van der Waals surface area (Å²) in [6.45, 7) is 0.404. The quantitative estimate of drug-likeness (QED) is 0.207. The van der Waals surface area contributed by atoms with Crippen LogP contribution in [0.4, 0.5) is 0 Å². The summed E-state index contributed by atoms with van der Waals surface area (Å²) in [4.78, 5) is 23.2. The van der Waals surface area contributed by atoms with Crippen molar-refractivity contribution in [3.8, 4) is 0 Å². The molecule has 0 saturated heterocycles. The molecule has 0 unspecified atom stereocenters. The lowest BCUT2D eigenvalue weighted by Gasteiger charge is -2.10. The SMILES string of the molecule is [NH][C@@H](CCCNC(=N)N)C(=O)C(=O)OCc1ccccc1. The maximum absolute atomic E-state index is 11.6. The predicted octanol–water partition coefficient (Wildman–Crippen LogP) is 0.214. The third-order valence-corrected chi connectivity index (χ3v) is 2.72. The summed E-state index contributed by atoms with van der Waals surface area (Å²) in [5, 5.41) is 9.51. The molecule has 0 spiro atoms. The van der Waals surface area contributed by atoms with Gasteiger partial charge in [-0.25, -0.2) is 10.5 Å². The number of benzene rings is 1. The van der Waals surface area contributed by atoms with E-state index >= 15 is 0 Å². The van der Waals surface area contributed by atoms with Crippen molar-refractivity contribution >= 4 is 17.7 Å². The van der Waals surface area contributed by atoms with Crippen molar-refractivity contribution in [1.29, 1.82) is 5.41 Å². The van der Waals surface area contributed by atoms with Gasteiger partial charge in [-0.3, -0.25) is 10.2 Å². The highest BCUT2D eigenvalue weighted by molar-refractivity contribution is 6.35. The van der Waals surface area contributed by atoms with Crippen LogP contribution < -0.4 is 16.8 Å². The van der Waals surface area contributed by atoms with E-state index in [0.717, 1.165) is 5.56 Å². The van der Waals surface area contributed by atoms with Crippen LogP contribution in [-0.2, 0) is 20.9 Å². The van der Waals surface area contributed by atoms with Crippen LogP contribution in [0.25, 0.3) is 0 Å². The molecule has 7 nitrogen and oxygen atoms in total. The van der Waals surface area contributed by atoms with Crippen LogP contribution in [0.3, 0.4) is 0 Å². The summed E-state index contributed by atoms with van der Waals surface area (Å²) >= 11 is 0. The molecule has 0 aliphatic carbocycles. The Morgan fingerprint density at radius 3 is 2.57 bits per heavy atom. The number of ketones is 1. The number of rotatable bonds is 8. The minimum absolute atomic E-state index is 0.0179. The van der Waals surface area contributed by atoms with Crippen LogP contribution >= 0.6 is 0 Å². The number of nitrogens with one attached hydrogen (secondary N) is 3. The summed E-state index contributed by atoms with van der Waals surface area (Å²) in [6, 6.07) is 7.86. The molecule has 1 aromatic rings. The lowest BCUT2D eigenvalue weighted by molar-refractivity contribution is -0.155. The van der Waals surface area contributed by atoms with E-state index in [2.05, 4.69) is 5.32 Å². The first kappa shape index (κ1) is 16.6. The zero-order valence-corrected chi connectivity index (χ0v) is 11.6. The number of hydrogen-bond donors (Lipinski definition) is 3. The maximum atomic E-state index is 11.6. The van der Waals surface area contributed by atoms with Crippen molar-refractivity contribution in [2.24, 2.45) is 5.73 Å². The van der Waals surface area contributed by atoms with E-state index < -0.39 is 17.8 Å². The van der Waals surface area contributed by atoms with Gasteiger partial charge in [0.1, 0.15) is 6.61 Å². The first-order valence-corrected chi connectivity index (χ1v) is 6.54. The van der Waals surface area contributed by atoms with Crippen molar-refractivity contribution in [1.82, 2.24) is 11.1 Å². The van der Waals surface area contributed by atoms with Gasteiger partial charge >= 0.3 is 5.97 Å². The minimum Gasteiger partial charge on any atom is -0.455 e. The molecule has 7 heteroatoms. The normalized spacial score (nSPS) is 11.5. The lowest BCUT2D eigenvalue weighted by atomic mass is 10.1. The van der Waals surface area contributed by atoms with E-state index in [1.165, 1.54) is 0 Å². The van der Waals surface area contributed by atoms with Crippen LogP contribution in [0.15, 0.2) is 30.3 Å². The Kier molecular flexibility index (Phi) is 6.90. The molecule has 0 bridgehead atoms. The number of nitrogens with two attached hydrogens (primary N) is 1. The number of ether oxygens (including phenoxy) is 1. The van der Waals surface area contributed by atoms with Gasteiger partial charge in [0, 0.05) is 6.54 Å². The highest BCUT2D eigenvalue weighted by Crippen LogP contribution is 2.03. The van der Waals surface area contributed by atoms with Gasteiger partial charge in [-0.05, 0) is 18.4 Å². The minimum atomic E-state index is -1.15. The second-order valence-electron chi connectivity index (χ2n) is 4.46. The Morgan fingerprint density at radius 2 is 1.95 bits per heavy atom. The number of carbonyl (C=O) groups is 2. The van der Waals surface area contributed by atoms with E-state index in [9.17, 15) is 9.59 Å². The average Bonchev–Trinajstić information content (AvgIpc) is 2.49. The molecule has 1 rings (SSSR count). The number of hydrogen-bond acceptors (Lipinski definition) is 4. The number of Topliss-reactive ketones (excluding diaryl/α,β-unsaturated/α-hetero) is 1. The van der Waals surface area contributed by atoms with Crippen LogP contribution in [0, 0.1) is 5.41 Å². The van der Waals surface area contributed by atoms with Crippen molar-refractivity contribution in [3.63, 3.8) is 0 Å². The number of carbonyl (C=O) groups excluding carboxylic acids is 2. The summed E-state index contributed by atoms with van der Waals surface area (Å²) in [7, 11) is 0. The van der Waals surface area contributed by atoms with Gasteiger partial charge in [0.25, 0.3) is 5.78 Å². The topological polar surface area (TPSA) is 129 Å². The third kappa shape index (κ3) is 6.53. The van der Waals surface area contributed by atoms with E-state index in [1.54, 1.807) is 24.3 Å². The zero-order valence-electron chi connectivity index (χ0n) is 11.6. The molecule has 5 N–H and O–H groups in total. The zero-order chi connectivity index (χ0) is 15.7. The largest absolute Gasteiger partial charge is 0.455 e. The summed E-state index contributed by atoms with van der Waals surface area (Å²) < 4.78 is 4.88. The molecule has 0 saturated carbocycles.